The molecule has 3 nitrogen and oxygen atoms in total. The lowest BCUT2D eigenvalue weighted by Gasteiger charge is -2.48. The molecule has 20 heavy (non-hydrogen) atoms. The molecule has 2 saturated heterocycles. The minimum atomic E-state index is 0.289. The van der Waals surface area contributed by atoms with E-state index in [9.17, 15) is 0 Å². The molecule has 2 fully saturated rings. The lowest BCUT2D eigenvalue weighted by Crippen LogP contribution is -2.59. The largest absolute Gasteiger partial charge is 0.329 e. The van der Waals surface area contributed by atoms with Gasteiger partial charge in [-0.05, 0) is 57.9 Å². The van der Waals surface area contributed by atoms with Gasteiger partial charge in [0.25, 0.3) is 0 Å². The van der Waals surface area contributed by atoms with Crippen LogP contribution in [-0.4, -0.2) is 54.1 Å². The highest BCUT2D eigenvalue weighted by Gasteiger charge is 2.45. The number of hydrogen-bond acceptors (Lipinski definition) is 3. The van der Waals surface area contributed by atoms with Crippen molar-refractivity contribution in [2.75, 3.05) is 32.7 Å². The highest BCUT2D eigenvalue weighted by molar-refractivity contribution is 5.02. The van der Waals surface area contributed by atoms with E-state index >= 15 is 0 Å². The summed E-state index contributed by atoms with van der Waals surface area (Å²) in [4.78, 5) is 5.37. The van der Waals surface area contributed by atoms with Crippen LogP contribution in [-0.2, 0) is 0 Å². The molecular weight excluding hydrogens is 246 g/mol. The Bertz CT molecular complexity index is 301. The van der Waals surface area contributed by atoms with Crippen LogP contribution in [0.2, 0.25) is 0 Å². The molecule has 0 unspecified atom stereocenters. The maximum absolute atomic E-state index is 6.25. The van der Waals surface area contributed by atoms with Crippen LogP contribution in [0, 0.1) is 5.41 Å². The third kappa shape index (κ3) is 2.90. The van der Waals surface area contributed by atoms with Crippen LogP contribution in [0.15, 0.2) is 0 Å². The van der Waals surface area contributed by atoms with Gasteiger partial charge < -0.3 is 10.6 Å². The second kappa shape index (κ2) is 6.33. The molecular formula is C17H35N3. The quantitative estimate of drug-likeness (QED) is 0.841. The first-order chi connectivity index (χ1) is 9.51. The number of hydrogen-bond donors (Lipinski definition) is 1. The lowest BCUT2D eigenvalue weighted by atomic mass is 9.81. The molecule has 2 aliphatic rings. The molecule has 0 saturated carbocycles. The predicted molar refractivity (Wildman–Crippen MR) is 86.9 cm³/mol. The number of nitrogens with zero attached hydrogens (tertiary/aromatic N) is 2. The van der Waals surface area contributed by atoms with Crippen LogP contribution < -0.4 is 5.73 Å². The molecule has 0 spiro atoms. The highest BCUT2D eigenvalue weighted by atomic mass is 15.3. The summed E-state index contributed by atoms with van der Waals surface area (Å²) in [5.41, 5.74) is 7.11. The molecule has 0 aromatic carbocycles. The summed E-state index contributed by atoms with van der Waals surface area (Å²) in [6, 6.07) is 0.676. The number of likely N-dealkylation sites (tertiary alicyclic amines) is 2. The number of nitrogens with two attached hydrogens (primary N) is 1. The fourth-order valence-electron chi connectivity index (χ4n) is 4.27. The zero-order valence-corrected chi connectivity index (χ0v) is 14.1. The van der Waals surface area contributed by atoms with Crippen molar-refractivity contribution < 1.29 is 0 Å². The molecule has 0 aliphatic carbocycles. The molecule has 0 aromatic heterocycles. The summed E-state index contributed by atoms with van der Waals surface area (Å²) in [6.45, 7) is 15.2. The zero-order valence-electron chi connectivity index (χ0n) is 14.1. The number of piperidine rings is 1. The van der Waals surface area contributed by atoms with E-state index in [-0.39, 0.29) is 5.54 Å². The van der Waals surface area contributed by atoms with E-state index in [0.29, 0.717) is 11.5 Å². The Labute approximate surface area is 125 Å². The van der Waals surface area contributed by atoms with Crippen molar-refractivity contribution >= 4 is 0 Å². The first kappa shape index (κ1) is 16.3. The molecule has 118 valence electrons. The monoisotopic (exact) mass is 281 g/mol. The average Bonchev–Trinajstić information content (AvgIpc) is 2.93. The molecule has 2 N–H and O–H groups in total. The first-order valence-corrected chi connectivity index (χ1v) is 8.70. The van der Waals surface area contributed by atoms with Gasteiger partial charge >= 0.3 is 0 Å². The van der Waals surface area contributed by atoms with E-state index in [0.717, 1.165) is 6.54 Å². The van der Waals surface area contributed by atoms with Crippen molar-refractivity contribution in [1.29, 1.82) is 0 Å². The summed E-state index contributed by atoms with van der Waals surface area (Å²) in [7, 11) is 0. The SMILES string of the molecule is CCC1(CC)CCN(C2(CN)CCN(C(C)C)CC2)C1. The Morgan fingerprint density at radius 3 is 2.00 bits per heavy atom. The summed E-state index contributed by atoms with van der Waals surface area (Å²) >= 11 is 0. The van der Waals surface area contributed by atoms with E-state index < -0.39 is 0 Å². The van der Waals surface area contributed by atoms with Crippen LogP contribution in [0.25, 0.3) is 0 Å². The van der Waals surface area contributed by atoms with Gasteiger partial charge in [0.1, 0.15) is 0 Å². The van der Waals surface area contributed by atoms with Crippen molar-refractivity contribution in [3.05, 3.63) is 0 Å². The first-order valence-electron chi connectivity index (χ1n) is 8.70. The normalized spacial score (nSPS) is 27.3. The van der Waals surface area contributed by atoms with E-state index in [1.807, 2.05) is 0 Å². The van der Waals surface area contributed by atoms with Gasteiger partial charge in [0.05, 0.1) is 0 Å². The van der Waals surface area contributed by atoms with E-state index in [1.165, 1.54) is 58.3 Å². The van der Waals surface area contributed by atoms with Crippen LogP contribution in [0.5, 0.6) is 0 Å². The Balaban J connectivity index is 2.03. The minimum Gasteiger partial charge on any atom is -0.329 e. The van der Waals surface area contributed by atoms with Crippen molar-refractivity contribution in [2.24, 2.45) is 11.1 Å². The van der Waals surface area contributed by atoms with E-state index in [2.05, 4.69) is 37.5 Å². The Kier molecular flexibility index (Phi) is 5.14. The van der Waals surface area contributed by atoms with Crippen molar-refractivity contribution in [3.8, 4) is 0 Å². The number of rotatable bonds is 5. The molecule has 0 radical (unpaired) electrons. The second-order valence-electron chi connectivity index (χ2n) is 7.44. The van der Waals surface area contributed by atoms with Gasteiger partial charge in [0, 0.05) is 37.8 Å². The van der Waals surface area contributed by atoms with Crippen LogP contribution in [0.4, 0.5) is 0 Å². The predicted octanol–water partition coefficient (Wildman–Crippen LogP) is 2.70. The van der Waals surface area contributed by atoms with Gasteiger partial charge in [-0.1, -0.05) is 13.8 Å². The third-order valence-corrected chi connectivity index (χ3v) is 6.45. The van der Waals surface area contributed by atoms with E-state index in [4.69, 9.17) is 5.73 Å². The maximum atomic E-state index is 6.25. The topological polar surface area (TPSA) is 32.5 Å². The van der Waals surface area contributed by atoms with Gasteiger partial charge in [-0.3, -0.25) is 4.90 Å². The molecule has 2 rings (SSSR count). The second-order valence-corrected chi connectivity index (χ2v) is 7.44. The molecule has 0 aromatic rings. The minimum absolute atomic E-state index is 0.289. The summed E-state index contributed by atoms with van der Waals surface area (Å²) in [5.74, 6) is 0. The van der Waals surface area contributed by atoms with Crippen LogP contribution >= 0.6 is 0 Å². The zero-order chi connectivity index (χ0) is 14.8. The Hall–Kier alpha value is -0.120. The summed E-state index contributed by atoms with van der Waals surface area (Å²) < 4.78 is 0. The van der Waals surface area contributed by atoms with Gasteiger partial charge in [0.2, 0.25) is 0 Å². The fourth-order valence-corrected chi connectivity index (χ4v) is 4.27. The van der Waals surface area contributed by atoms with E-state index in [1.54, 1.807) is 0 Å². The summed E-state index contributed by atoms with van der Waals surface area (Å²) in [5, 5.41) is 0. The van der Waals surface area contributed by atoms with Gasteiger partial charge in [-0.25, -0.2) is 0 Å². The molecule has 0 amide bonds. The smallest absolute Gasteiger partial charge is 0.0356 e. The fraction of sp³-hybridized carbons (Fsp3) is 1.00. The average molecular weight is 281 g/mol. The van der Waals surface area contributed by atoms with Crippen LogP contribution in [0.3, 0.4) is 0 Å². The van der Waals surface area contributed by atoms with Crippen molar-refractivity contribution in [1.82, 2.24) is 9.80 Å². The third-order valence-electron chi connectivity index (χ3n) is 6.45. The molecule has 3 heteroatoms. The highest BCUT2D eigenvalue weighted by Crippen LogP contribution is 2.42. The van der Waals surface area contributed by atoms with Gasteiger partial charge in [0.15, 0.2) is 0 Å². The summed E-state index contributed by atoms with van der Waals surface area (Å²) in [6.07, 6.45) is 6.52. The van der Waals surface area contributed by atoms with Crippen molar-refractivity contribution in [2.45, 2.75) is 71.4 Å². The van der Waals surface area contributed by atoms with Gasteiger partial charge in [-0.2, -0.15) is 0 Å². The Morgan fingerprint density at radius 1 is 1.00 bits per heavy atom. The molecule has 0 atom stereocenters. The lowest BCUT2D eigenvalue weighted by molar-refractivity contribution is 0.0247. The molecule has 2 aliphatic heterocycles. The van der Waals surface area contributed by atoms with Crippen molar-refractivity contribution in [3.63, 3.8) is 0 Å². The van der Waals surface area contributed by atoms with Crippen LogP contribution in [0.1, 0.15) is 59.8 Å². The standard InChI is InChI=1S/C17H35N3/c1-5-16(6-2)7-12-20(14-16)17(13-18)8-10-19(11-9-17)15(3)4/h15H,5-14,18H2,1-4H3. The van der Waals surface area contributed by atoms with Gasteiger partial charge in [-0.15, -0.1) is 0 Å². The maximum Gasteiger partial charge on any atom is 0.0356 e. The molecule has 0 bridgehead atoms. The molecule has 2 heterocycles. The Morgan fingerprint density at radius 2 is 1.60 bits per heavy atom.